The lowest BCUT2D eigenvalue weighted by atomic mass is 10.0. The van der Waals surface area contributed by atoms with Gasteiger partial charge in [0.1, 0.15) is 5.69 Å². The lowest BCUT2D eigenvalue weighted by molar-refractivity contribution is -0.895. The predicted octanol–water partition coefficient (Wildman–Crippen LogP) is 1.87. The van der Waals surface area contributed by atoms with Gasteiger partial charge in [-0.25, -0.2) is 0 Å². The second kappa shape index (κ2) is 4.43. The molecule has 0 radical (unpaired) electrons. The summed E-state index contributed by atoms with van der Waals surface area (Å²) in [6, 6.07) is 4.93. The van der Waals surface area contributed by atoms with Crippen LogP contribution < -0.4 is 4.48 Å². The van der Waals surface area contributed by atoms with E-state index in [4.69, 9.17) is 0 Å². The van der Waals surface area contributed by atoms with Crippen molar-refractivity contribution in [1.29, 1.82) is 0 Å². The van der Waals surface area contributed by atoms with Crippen molar-refractivity contribution in [2.45, 2.75) is 18.9 Å². The van der Waals surface area contributed by atoms with Crippen molar-refractivity contribution >= 4 is 12.0 Å². The van der Waals surface area contributed by atoms with Crippen molar-refractivity contribution in [3.05, 3.63) is 28.8 Å². The van der Waals surface area contributed by atoms with Gasteiger partial charge in [0, 0.05) is 30.5 Å². The van der Waals surface area contributed by atoms with Crippen molar-refractivity contribution < 1.29 is 9.28 Å². The van der Waals surface area contributed by atoms with Gasteiger partial charge in [-0.05, 0) is 11.1 Å². The molecule has 0 bridgehead atoms. The van der Waals surface area contributed by atoms with E-state index in [2.05, 4.69) is 54.4 Å². The van der Waals surface area contributed by atoms with E-state index in [9.17, 15) is 4.79 Å². The first-order valence-electron chi connectivity index (χ1n) is 6.87. The number of hydrogen-bond acceptors (Lipinski definition) is 1. The molecule has 1 aliphatic rings. The fourth-order valence-electron chi connectivity index (χ4n) is 2.77. The number of carbonyl (C=O) groups is 1. The minimum Gasteiger partial charge on any atom is -0.328 e. The highest BCUT2D eigenvalue weighted by molar-refractivity contribution is 5.81. The maximum atomic E-state index is 11.4. The zero-order chi connectivity index (χ0) is 14.4. The Morgan fingerprint density at radius 2 is 1.68 bits per heavy atom. The van der Waals surface area contributed by atoms with Gasteiger partial charge in [-0.2, -0.15) is 0 Å². The molecule has 0 spiro atoms. The van der Waals surface area contributed by atoms with Gasteiger partial charge in [-0.3, -0.25) is 9.28 Å². The first-order valence-corrected chi connectivity index (χ1v) is 6.87. The van der Waals surface area contributed by atoms with Crippen LogP contribution in [0.5, 0.6) is 0 Å². The Morgan fingerprint density at radius 3 is 2.16 bits per heavy atom. The normalized spacial score (nSPS) is 19.4. The molecule has 0 amide bonds. The topological polar surface area (TPSA) is 17.1 Å². The zero-order valence-electron chi connectivity index (χ0n) is 13.0. The number of aldehydes is 1. The third-order valence-electron chi connectivity index (χ3n) is 4.25. The first kappa shape index (κ1) is 14.2. The molecule has 0 saturated carbocycles. The molecular weight excluding hydrogens is 236 g/mol. The average Bonchev–Trinajstić information content (AvgIpc) is 2.69. The van der Waals surface area contributed by atoms with E-state index in [0.717, 1.165) is 33.7 Å². The molecule has 104 valence electrons. The van der Waals surface area contributed by atoms with Crippen LogP contribution >= 0.6 is 0 Å². The third kappa shape index (κ3) is 2.72. The maximum absolute atomic E-state index is 11.4. The minimum atomic E-state index is 0.580. The minimum absolute atomic E-state index is 0.580. The number of hydrogen-bond donors (Lipinski definition) is 0. The number of benzene rings is 1. The molecule has 0 heterocycles. The highest BCUT2D eigenvalue weighted by Crippen LogP contribution is 2.33. The number of quaternary nitrogens is 2. The van der Waals surface area contributed by atoms with E-state index in [0.29, 0.717) is 6.04 Å². The monoisotopic (exact) mass is 262 g/mol. The Morgan fingerprint density at radius 1 is 1.05 bits per heavy atom. The molecule has 1 atom stereocenters. The number of fused-ring (bicyclic) bond motifs is 1. The van der Waals surface area contributed by atoms with E-state index >= 15 is 0 Å². The summed E-state index contributed by atoms with van der Waals surface area (Å²) in [5, 5.41) is 0. The number of likely N-dealkylation sites (N-methyl/N-ethyl adjacent to an activating group) is 1. The summed E-state index contributed by atoms with van der Waals surface area (Å²) in [6.07, 6.45) is 3.12. The van der Waals surface area contributed by atoms with E-state index in [1.54, 1.807) is 0 Å². The van der Waals surface area contributed by atoms with Crippen LogP contribution in [0.4, 0.5) is 5.69 Å². The van der Waals surface area contributed by atoms with Crippen LogP contribution in [-0.4, -0.2) is 59.1 Å². The lowest BCUT2D eigenvalue weighted by Crippen LogP contribution is -2.45. The van der Waals surface area contributed by atoms with Crippen molar-refractivity contribution in [2.24, 2.45) is 0 Å². The molecule has 0 aliphatic heterocycles. The molecule has 1 aromatic carbocycles. The van der Waals surface area contributed by atoms with Crippen LogP contribution in [0.1, 0.15) is 21.5 Å². The Kier molecular flexibility index (Phi) is 3.31. The summed E-state index contributed by atoms with van der Waals surface area (Å²) in [5.74, 6) is 0. The van der Waals surface area contributed by atoms with Crippen LogP contribution in [0, 0.1) is 0 Å². The summed E-state index contributed by atoms with van der Waals surface area (Å²) in [5.41, 5.74) is 4.73. The summed E-state index contributed by atoms with van der Waals surface area (Å²) < 4.78 is 1.70. The largest absolute Gasteiger partial charge is 0.328 e. The summed E-state index contributed by atoms with van der Waals surface area (Å²) >= 11 is 0. The van der Waals surface area contributed by atoms with E-state index in [1.807, 2.05) is 0 Å². The average molecular weight is 262 g/mol. The molecule has 3 heteroatoms. The molecule has 1 aromatic rings. The summed E-state index contributed by atoms with van der Waals surface area (Å²) in [7, 11) is 13.1. The van der Waals surface area contributed by atoms with E-state index < -0.39 is 0 Å². The van der Waals surface area contributed by atoms with Crippen molar-refractivity contribution in [3.63, 3.8) is 0 Å². The predicted molar refractivity (Wildman–Crippen MR) is 80.6 cm³/mol. The SMILES string of the molecule is C[N+](C)(C)c1cc(C=O)c2c(c1)CC([N+](C)(C)C)C2. The van der Waals surface area contributed by atoms with Gasteiger partial charge in [-0.1, -0.05) is 0 Å². The molecule has 0 fully saturated rings. The van der Waals surface area contributed by atoms with Crippen molar-refractivity contribution in [1.82, 2.24) is 4.48 Å². The number of carbonyl (C=O) groups excluding carboxylic acids is 1. The molecular formula is C16H26N2O+2. The van der Waals surface area contributed by atoms with Gasteiger partial charge >= 0.3 is 0 Å². The van der Waals surface area contributed by atoms with Gasteiger partial charge in [-0.15, -0.1) is 0 Å². The highest BCUT2D eigenvalue weighted by Gasteiger charge is 2.34. The molecule has 1 aliphatic carbocycles. The quantitative estimate of drug-likeness (QED) is 0.600. The van der Waals surface area contributed by atoms with Crippen LogP contribution in [-0.2, 0) is 12.8 Å². The molecule has 19 heavy (non-hydrogen) atoms. The van der Waals surface area contributed by atoms with Crippen LogP contribution in [0.2, 0.25) is 0 Å². The molecule has 3 nitrogen and oxygen atoms in total. The second-order valence-electron chi connectivity index (χ2n) is 7.48. The molecule has 1 unspecified atom stereocenters. The van der Waals surface area contributed by atoms with Crippen LogP contribution in [0.15, 0.2) is 12.1 Å². The molecule has 0 N–H and O–H groups in total. The maximum Gasteiger partial charge on any atom is 0.150 e. The van der Waals surface area contributed by atoms with Gasteiger partial charge in [0.25, 0.3) is 0 Å². The smallest absolute Gasteiger partial charge is 0.150 e. The van der Waals surface area contributed by atoms with E-state index in [-0.39, 0.29) is 0 Å². The van der Waals surface area contributed by atoms with Gasteiger partial charge in [0.15, 0.2) is 6.29 Å². The third-order valence-corrected chi connectivity index (χ3v) is 4.25. The molecule has 0 aromatic heterocycles. The van der Waals surface area contributed by atoms with E-state index in [1.165, 1.54) is 16.8 Å². The van der Waals surface area contributed by atoms with Gasteiger partial charge < -0.3 is 4.48 Å². The van der Waals surface area contributed by atoms with Gasteiger partial charge in [0.05, 0.1) is 48.3 Å². The first-order chi connectivity index (χ1) is 8.63. The van der Waals surface area contributed by atoms with Gasteiger partial charge in [0.2, 0.25) is 0 Å². The zero-order valence-corrected chi connectivity index (χ0v) is 13.0. The Hall–Kier alpha value is -1.19. The van der Waals surface area contributed by atoms with Crippen molar-refractivity contribution in [3.8, 4) is 0 Å². The Balaban J connectivity index is 2.47. The standard InChI is InChI=1S/C16H26N2O/c1-17(2,3)14-7-12-8-15(18(4,5)6)10-16(12)13(9-14)11-19/h7,9,11,15H,8,10H2,1-6H3/q+2. The fourth-order valence-corrected chi connectivity index (χ4v) is 2.77. The summed E-state index contributed by atoms with van der Waals surface area (Å²) in [6.45, 7) is 0. The Bertz CT molecular complexity index is 507. The van der Waals surface area contributed by atoms with Crippen LogP contribution in [0.25, 0.3) is 0 Å². The number of rotatable bonds is 3. The van der Waals surface area contributed by atoms with Crippen molar-refractivity contribution in [2.75, 3.05) is 42.3 Å². The summed E-state index contributed by atoms with van der Waals surface area (Å²) in [4.78, 5) is 11.4. The molecule has 0 saturated heterocycles. The number of nitrogens with zero attached hydrogens (tertiary/aromatic N) is 2. The highest BCUT2D eigenvalue weighted by atomic mass is 16.1. The lowest BCUT2D eigenvalue weighted by Gasteiger charge is -2.31. The fraction of sp³-hybridized carbons (Fsp3) is 0.562. The van der Waals surface area contributed by atoms with Crippen LogP contribution in [0.3, 0.4) is 0 Å². The second-order valence-corrected chi connectivity index (χ2v) is 7.48. The molecule has 2 rings (SSSR count). The Labute approximate surface area is 116 Å².